The zero-order chi connectivity index (χ0) is 17.9. The Bertz CT molecular complexity index is 913. The molecule has 0 saturated carbocycles. The van der Waals surface area contributed by atoms with Gasteiger partial charge in [-0.2, -0.15) is 4.98 Å². The molecular weight excluding hydrogens is 334 g/mol. The first kappa shape index (κ1) is 16.4. The van der Waals surface area contributed by atoms with E-state index < -0.39 is 0 Å². The van der Waals surface area contributed by atoms with Crippen LogP contribution >= 0.6 is 0 Å². The van der Waals surface area contributed by atoms with Crippen LogP contribution in [0.15, 0.2) is 35.1 Å². The lowest BCUT2D eigenvalue weighted by molar-refractivity contribution is -0.134. The number of nitrogens with zero attached hydrogens (tertiary/aromatic N) is 5. The highest BCUT2D eigenvalue weighted by molar-refractivity contribution is 5.84. The Hall–Kier alpha value is -3.03. The summed E-state index contributed by atoms with van der Waals surface area (Å²) in [5, 5.41) is 4.79. The van der Waals surface area contributed by atoms with Gasteiger partial charge in [-0.15, -0.1) is 0 Å². The maximum absolute atomic E-state index is 12.5. The van der Waals surface area contributed by atoms with Crippen LogP contribution in [0.1, 0.15) is 30.5 Å². The lowest BCUT2D eigenvalue weighted by Crippen LogP contribution is -2.40. The maximum atomic E-state index is 12.5. The molecule has 1 saturated heterocycles. The Morgan fingerprint density at radius 2 is 2.08 bits per heavy atom. The molecule has 0 spiro atoms. The molecule has 1 aliphatic heterocycles. The van der Waals surface area contributed by atoms with E-state index in [2.05, 4.69) is 20.1 Å². The zero-order valence-electron chi connectivity index (χ0n) is 14.5. The van der Waals surface area contributed by atoms with Crippen LogP contribution < -0.4 is 4.74 Å². The minimum Gasteiger partial charge on any atom is -0.467 e. The molecule has 0 aliphatic carbocycles. The molecule has 1 aliphatic rings. The van der Waals surface area contributed by atoms with E-state index in [-0.39, 0.29) is 18.4 Å². The summed E-state index contributed by atoms with van der Waals surface area (Å²) in [6.45, 7) is 3.06. The fourth-order valence-corrected chi connectivity index (χ4v) is 3.18. The van der Waals surface area contributed by atoms with E-state index in [1.165, 1.54) is 6.33 Å². The summed E-state index contributed by atoms with van der Waals surface area (Å²) in [7, 11) is 0. The highest BCUT2D eigenvalue weighted by Gasteiger charge is 2.27. The van der Waals surface area contributed by atoms with Gasteiger partial charge in [0.15, 0.2) is 12.4 Å². The summed E-state index contributed by atoms with van der Waals surface area (Å²) in [4.78, 5) is 26.9. The van der Waals surface area contributed by atoms with Crippen molar-refractivity contribution in [1.29, 1.82) is 0 Å². The van der Waals surface area contributed by atoms with E-state index in [9.17, 15) is 4.79 Å². The molecule has 26 heavy (non-hydrogen) atoms. The number of rotatable bonds is 4. The predicted molar refractivity (Wildman–Crippen MR) is 92.6 cm³/mol. The Kier molecular flexibility index (Phi) is 4.47. The smallest absolute Gasteiger partial charge is 0.260 e. The summed E-state index contributed by atoms with van der Waals surface area (Å²) in [6, 6.07) is 7.56. The lowest BCUT2D eigenvalue weighted by atomic mass is 9.96. The third-order valence-electron chi connectivity index (χ3n) is 4.59. The molecular formula is C18H19N5O3. The van der Waals surface area contributed by atoms with Crippen LogP contribution in [0.3, 0.4) is 0 Å². The number of para-hydroxylation sites is 1. The molecule has 0 unspecified atom stereocenters. The first-order valence-corrected chi connectivity index (χ1v) is 8.61. The molecule has 2 aromatic heterocycles. The number of hydrogen-bond acceptors (Lipinski definition) is 7. The molecule has 4 rings (SSSR count). The molecule has 3 aromatic rings. The summed E-state index contributed by atoms with van der Waals surface area (Å²) >= 11 is 0. The van der Waals surface area contributed by atoms with Crippen molar-refractivity contribution >= 4 is 16.8 Å². The standard InChI is InChI=1S/C18H19N5O3/c1-12-21-17(22-26-12)13-6-8-23(9-7-13)16(24)10-25-18-14-4-2-3-5-15(14)19-11-20-18/h2-5,11,13H,6-10H2,1H3. The highest BCUT2D eigenvalue weighted by Crippen LogP contribution is 2.26. The summed E-state index contributed by atoms with van der Waals surface area (Å²) in [5.74, 6) is 1.93. The van der Waals surface area contributed by atoms with E-state index in [1.807, 2.05) is 29.2 Å². The van der Waals surface area contributed by atoms with E-state index in [1.54, 1.807) is 6.92 Å². The van der Waals surface area contributed by atoms with Crippen molar-refractivity contribution in [2.75, 3.05) is 19.7 Å². The molecule has 134 valence electrons. The van der Waals surface area contributed by atoms with Crippen molar-refractivity contribution in [3.8, 4) is 5.88 Å². The van der Waals surface area contributed by atoms with Gasteiger partial charge >= 0.3 is 0 Å². The van der Waals surface area contributed by atoms with Crippen LogP contribution in [-0.4, -0.2) is 50.6 Å². The molecule has 0 bridgehead atoms. The average Bonchev–Trinajstić information content (AvgIpc) is 3.12. The average molecular weight is 353 g/mol. The Labute approximate surface area is 150 Å². The van der Waals surface area contributed by atoms with E-state index in [0.717, 1.165) is 29.6 Å². The monoisotopic (exact) mass is 353 g/mol. The second-order valence-corrected chi connectivity index (χ2v) is 6.31. The number of amides is 1. The van der Waals surface area contributed by atoms with Gasteiger partial charge in [0.25, 0.3) is 5.91 Å². The number of hydrogen-bond donors (Lipinski definition) is 0. The van der Waals surface area contributed by atoms with Crippen molar-refractivity contribution in [2.45, 2.75) is 25.7 Å². The summed E-state index contributed by atoms with van der Waals surface area (Å²) in [6.07, 6.45) is 3.09. The van der Waals surface area contributed by atoms with E-state index in [0.29, 0.717) is 24.9 Å². The molecule has 1 aromatic carbocycles. The molecule has 8 heteroatoms. The number of likely N-dealkylation sites (tertiary alicyclic amines) is 1. The first-order chi connectivity index (χ1) is 12.7. The van der Waals surface area contributed by atoms with Crippen LogP contribution in [0, 0.1) is 6.92 Å². The predicted octanol–water partition coefficient (Wildman–Crippen LogP) is 2.11. The highest BCUT2D eigenvalue weighted by atomic mass is 16.5. The van der Waals surface area contributed by atoms with Crippen molar-refractivity contribution < 1.29 is 14.1 Å². The molecule has 1 fully saturated rings. The largest absolute Gasteiger partial charge is 0.467 e. The molecule has 0 atom stereocenters. The van der Waals surface area contributed by atoms with Gasteiger partial charge in [-0.25, -0.2) is 9.97 Å². The minimum absolute atomic E-state index is 0.0347. The van der Waals surface area contributed by atoms with Crippen molar-refractivity contribution in [1.82, 2.24) is 25.0 Å². The number of aryl methyl sites for hydroxylation is 1. The van der Waals surface area contributed by atoms with Gasteiger partial charge in [-0.1, -0.05) is 17.3 Å². The number of benzene rings is 1. The second kappa shape index (κ2) is 7.07. The Balaban J connectivity index is 1.34. The van der Waals surface area contributed by atoms with Crippen molar-refractivity contribution in [3.63, 3.8) is 0 Å². The number of fused-ring (bicyclic) bond motifs is 1. The quantitative estimate of drug-likeness (QED) is 0.709. The number of piperidine rings is 1. The van der Waals surface area contributed by atoms with Gasteiger partial charge in [0.1, 0.15) is 6.33 Å². The summed E-state index contributed by atoms with van der Waals surface area (Å²) in [5.41, 5.74) is 0.793. The van der Waals surface area contributed by atoms with Gasteiger partial charge in [0.2, 0.25) is 11.8 Å². The van der Waals surface area contributed by atoms with Gasteiger partial charge in [0.05, 0.1) is 10.9 Å². The fraction of sp³-hybridized carbons (Fsp3) is 0.389. The van der Waals surface area contributed by atoms with Crippen LogP contribution in [0.25, 0.3) is 10.9 Å². The molecule has 1 amide bonds. The van der Waals surface area contributed by atoms with Crippen LogP contribution in [0.2, 0.25) is 0 Å². The van der Waals surface area contributed by atoms with Crippen LogP contribution in [-0.2, 0) is 4.79 Å². The maximum Gasteiger partial charge on any atom is 0.260 e. The number of carbonyl (C=O) groups is 1. The van der Waals surface area contributed by atoms with Gasteiger partial charge in [-0.05, 0) is 25.0 Å². The lowest BCUT2D eigenvalue weighted by Gasteiger charge is -2.30. The second-order valence-electron chi connectivity index (χ2n) is 6.31. The van der Waals surface area contributed by atoms with Gasteiger partial charge in [-0.3, -0.25) is 4.79 Å². The SMILES string of the molecule is Cc1nc(C2CCN(C(=O)COc3ncnc4ccccc34)CC2)no1. The summed E-state index contributed by atoms with van der Waals surface area (Å²) < 4.78 is 10.7. The minimum atomic E-state index is -0.0459. The zero-order valence-corrected chi connectivity index (χ0v) is 14.5. The van der Waals surface area contributed by atoms with Crippen molar-refractivity contribution in [3.05, 3.63) is 42.3 Å². The molecule has 0 N–H and O–H groups in total. The van der Waals surface area contributed by atoms with Crippen LogP contribution in [0.5, 0.6) is 5.88 Å². The Morgan fingerprint density at radius 1 is 1.27 bits per heavy atom. The molecule has 8 nitrogen and oxygen atoms in total. The van der Waals surface area contributed by atoms with Gasteiger partial charge in [0, 0.05) is 25.9 Å². The first-order valence-electron chi connectivity index (χ1n) is 8.61. The Morgan fingerprint density at radius 3 is 2.85 bits per heavy atom. The number of ether oxygens (including phenoxy) is 1. The van der Waals surface area contributed by atoms with Crippen LogP contribution in [0.4, 0.5) is 0 Å². The van der Waals surface area contributed by atoms with E-state index >= 15 is 0 Å². The molecule has 0 radical (unpaired) electrons. The van der Waals surface area contributed by atoms with Crippen molar-refractivity contribution in [2.24, 2.45) is 0 Å². The third-order valence-corrected chi connectivity index (χ3v) is 4.59. The number of aromatic nitrogens is 4. The topological polar surface area (TPSA) is 94.2 Å². The normalized spacial score (nSPS) is 15.3. The van der Waals surface area contributed by atoms with Gasteiger partial charge < -0.3 is 14.2 Å². The van der Waals surface area contributed by atoms with E-state index in [4.69, 9.17) is 9.26 Å². The third kappa shape index (κ3) is 3.35. The molecule has 3 heterocycles. The fourth-order valence-electron chi connectivity index (χ4n) is 3.18. The number of carbonyl (C=O) groups excluding carboxylic acids is 1.